The van der Waals surface area contributed by atoms with Gasteiger partial charge >= 0.3 is 0 Å². The Morgan fingerprint density at radius 1 is 1.73 bits per heavy atom. The topological polar surface area (TPSA) is 37.4 Å². The smallest absolute Gasteiger partial charge is 0.202 e. The molecule has 1 unspecified atom stereocenters. The van der Waals surface area contributed by atoms with Crippen LogP contribution in [0.2, 0.25) is 0 Å². The van der Waals surface area contributed by atoms with E-state index in [2.05, 4.69) is 14.5 Å². The number of amides is 2. The third-order valence-corrected chi connectivity index (χ3v) is 1.47. The molecule has 1 rings (SSSR count). The predicted octanol–water partition coefficient (Wildman–Crippen LogP) is 0.621. The van der Waals surface area contributed by atoms with Crippen molar-refractivity contribution in [3.63, 3.8) is 0 Å². The van der Waals surface area contributed by atoms with E-state index in [1.165, 1.54) is 0 Å². The van der Waals surface area contributed by atoms with E-state index in [1.807, 2.05) is 0 Å². The summed E-state index contributed by atoms with van der Waals surface area (Å²) in [5.41, 5.74) is 0. The molecule has 4 heteroatoms. The Bertz CT molecular complexity index is 175. The minimum atomic E-state index is -0.174. The van der Waals surface area contributed by atoms with Gasteiger partial charge in [0.1, 0.15) is 0 Å². The zero-order valence-electron chi connectivity index (χ0n) is 7.54. The second kappa shape index (κ2) is 4.99. The Hall–Kier alpha value is 0.244. The molecule has 0 aliphatic carbocycles. The van der Waals surface area contributed by atoms with Crippen molar-refractivity contribution < 1.29 is 43.7 Å². The summed E-state index contributed by atoms with van der Waals surface area (Å²) in [6.45, 7) is 1.73. The molecule has 1 aliphatic heterocycles. The van der Waals surface area contributed by atoms with Crippen molar-refractivity contribution in [1.29, 1.82) is 0 Å². The maximum Gasteiger partial charge on any atom is 0.202 e. The number of likely N-dealkylation sites (tertiary alicyclic amines) is 1. The molecule has 0 bridgehead atoms. The Morgan fingerprint density at radius 2 is 2.18 bits per heavy atom. The van der Waals surface area contributed by atoms with E-state index in [0.29, 0.717) is 6.42 Å². The van der Waals surface area contributed by atoms with Crippen LogP contribution in [-0.4, -0.2) is 16.7 Å². The van der Waals surface area contributed by atoms with Crippen LogP contribution in [0.3, 0.4) is 0 Å². The molecule has 1 radical (unpaired) electrons. The second-order valence-corrected chi connectivity index (χ2v) is 2.27. The summed E-state index contributed by atoms with van der Waals surface area (Å²) in [7, 11) is 5.78. The molecule has 0 N–H and O–H groups in total. The third kappa shape index (κ3) is 2.64. The summed E-state index contributed by atoms with van der Waals surface area (Å²) in [6.07, 6.45) is 0.322. The normalized spacial score (nSPS) is 23.4. The monoisotopic (exact) mass is 231 g/mol. The van der Waals surface area contributed by atoms with Crippen molar-refractivity contribution in [2.24, 2.45) is 5.92 Å². The number of hydrogen-bond donors (Lipinski definition) is 0. The van der Waals surface area contributed by atoms with E-state index in [1.54, 1.807) is 6.92 Å². The van der Waals surface area contributed by atoms with Crippen LogP contribution in [-0.2, 0) is 42.3 Å². The van der Waals surface area contributed by atoms with Crippen LogP contribution in [0.25, 0.3) is 0 Å². The van der Waals surface area contributed by atoms with Crippen molar-refractivity contribution in [1.82, 2.24) is 4.90 Å². The molecule has 0 saturated carbocycles. The van der Waals surface area contributed by atoms with Gasteiger partial charge in [0.15, 0.2) is 5.91 Å². The summed E-state index contributed by atoms with van der Waals surface area (Å²) in [5.74, 6) is -0.498. The number of hydrogen-bond acceptors (Lipinski definition) is 2. The molecule has 2 amide bonds. The molecule has 0 aromatic heterocycles. The standard InChI is InChI=1S/C6H8NO2.CH3.Y/c1-4-3-5(8)7(2)6(4)9;;/h4H,2-3H2,1H3;1H3;/q2*-1;/i;1D;. The molecule has 11 heavy (non-hydrogen) atoms. The van der Waals surface area contributed by atoms with E-state index in [9.17, 15) is 9.59 Å². The summed E-state index contributed by atoms with van der Waals surface area (Å²) >= 11 is 0. The molecule has 61 valence electrons. The summed E-state index contributed by atoms with van der Waals surface area (Å²) in [6, 6.07) is 0. The minimum absolute atomic E-state index is 0. The molecule has 3 nitrogen and oxygen atoms in total. The predicted molar refractivity (Wildman–Crippen MR) is 37.4 cm³/mol. The first-order chi connectivity index (χ1) is 5.13. The van der Waals surface area contributed by atoms with Gasteiger partial charge in [0, 0.05) is 45.0 Å². The van der Waals surface area contributed by atoms with Crippen molar-refractivity contribution in [2.45, 2.75) is 13.3 Å². The van der Waals surface area contributed by atoms with Gasteiger partial charge in [0.25, 0.3) is 0 Å². The number of imide groups is 1. The van der Waals surface area contributed by atoms with Gasteiger partial charge in [0.05, 0.1) is 0 Å². The van der Waals surface area contributed by atoms with Gasteiger partial charge in [-0.15, -0.1) is 0 Å². The maximum absolute atomic E-state index is 10.8. The van der Waals surface area contributed by atoms with Gasteiger partial charge in [0.2, 0.25) is 5.91 Å². The zero-order chi connectivity index (χ0) is 9.02. The van der Waals surface area contributed by atoms with E-state index in [-0.39, 0.29) is 50.4 Å². The third-order valence-electron chi connectivity index (χ3n) is 1.47. The molecule has 0 spiro atoms. The fraction of sp³-hybridized carbons (Fsp3) is 0.429. The van der Waals surface area contributed by atoms with Gasteiger partial charge in [-0.3, -0.25) is 9.59 Å². The Morgan fingerprint density at radius 3 is 2.27 bits per heavy atom. The average Bonchev–Trinajstić information content (AvgIpc) is 2.22. The van der Waals surface area contributed by atoms with Crippen LogP contribution in [0, 0.1) is 20.4 Å². The average molecular weight is 231 g/mol. The molecular formula is C7H11NO2Y-2. The van der Waals surface area contributed by atoms with Crippen LogP contribution in [0.15, 0.2) is 0 Å². The van der Waals surface area contributed by atoms with Gasteiger partial charge in [-0.2, -0.15) is 0 Å². The van der Waals surface area contributed by atoms with Crippen LogP contribution >= 0.6 is 0 Å². The minimum Gasteiger partial charge on any atom is -0.438 e. The van der Waals surface area contributed by atoms with Crippen molar-refractivity contribution in [2.75, 3.05) is 0 Å². The first kappa shape index (κ1) is 11.2. The first-order valence-electron chi connectivity index (χ1n) is 3.51. The summed E-state index contributed by atoms with van der Waals surface area (Å²) in [5, 5.41) is 0. The van der Waals surface area contributed by atoms with Gasteiger partial charge in [-0.1, -0.05) is 6.92 Å². The van der Waals surface area contributed by atoms with E-state index >= 15 is 0 Å². The zero-order valence-corrected chi connectivity index (χ0v) is 9.38. The Kier molecular flexibility index (Phi) is 5.10. The molecule has 1 fully saturated rings. The molecule has 0 aromatic rings. The molecule has 1 heterocycles. The molecule has 0 aromatic carbocycles. The first-order valence-corrected chi connectivity index (χ1v) is 2.80. The van der Waals surface area contributed by atoms with Crippen LogP contribution in [0.1, 0.15) is 14.7 Å². The largest absolute Gasteiger partial charge is 0.438 e. The van der Waals surface area contributed by atoms with Gasteiger partial charge in [-0.25, -0.2) is 8.42 Å². The van der Waals surface area contributed by atoms with E-state index in [4.69, 9.17) is 1.37 Å². The summed E-state index contributed by atoms with van der Waals surface area (Å²) < 4.78 is 5.50. The second-order valence-electron chi connectivity index (χ2n) is 2.27. The Balaban J connectivity index is 0. The van der Waals surface area contributed by atoms with Crippen molar-refractivity contribution >= 4 is 11.8 Å². The van der Waals surface area contributed by atoms with Crippen molar-refractivity contribution in [3.05, 3.63) is 14.5 Å². The fourth-order valence-corrected chi connectivity index (χ4v) is 0.848. The van der Waals surface area contributed by atoms with Gasteiger partial charge in [-0.05, 0) is 0 Å². The van der Waals surface area contributed by atoms with Crippen molar-refractivity contribution in [3.8, 4) is 0 Å². The van der Waals surface area contributed by atoms with E-state index in [0.717, 1.165) is 4.90 Å². The molecule has 1 saturated heterocycles. The fourth-order valence-electron chi connectivity index (χ4n) is 0.848. The van der Waals surface area contributed by atoms with Crippen LogP contribution < -0.4 is 0 Å². The van der Waals surface area contributed by atoms with Gasteiger partial charge < -0.3 is 12.3 Å². The quantitative estimate of drug-likeness (QED) is 0.452. The summed E-state index contributed by atoms with van der Waals surface area (Å²) in [4.78, 5) is 22.3. The molecule has 1 aliphatic rings. The molecule has 1 atom stereocenters. The molecular weight excluding hydrogens is 219 g/mol. The number of carbonyl (C=O) groups is 2. The SMILES string of the molecule is [2H][CH2-].[CH2-]N1C(=O)CC(C)C1=O.[Y]. The van der Waals surface area contributed by atoms with Crippen LogP contribution in [0.4, 0.5) is 0 Å². The maximum atomic E-state index is 10.8. The Labute approximate surface area is 93.8 Å². The van der Waals surface area contributed by atoms with E-state index < -0.39 is 0 Å². The number of rotatable bonds is 0. The van der Waals surface area contributed by atoms with Crippen LogP contribution in [0.5, 0.6) is 0 Å². The number of carbonyl (C=O) groups excluding carboxylic acids is 2. The number of nitrogens with zero attached hydrogens (tertiary/aromatic N) is 1.